The molecule has 1 N–H and O–H groups in total. The summed E-state index contributed by atoms with van der Waals surface area (Å²) in [5.74, 6) is -1.48. The second-order valence-corrected chi connectivity index (χ2v) is 6.46. The van der Waals surface area contributed by atoms with Gasteiger partial charge >= 0.3 is 6.18 Å². The Morgan fingerprint density at radius 1 is 1.27 bits per heavy atom. The Labute approximate surface area is 152 Å². The topological polar surface area (TPSA) is 46.9 Å². The van der Waals surface area contributed by atoms with Gasteiger partial charge in [-0.05, 0) is 37.8 Å². The fourth-order valence-electron chi connectivity index (χ4n) is 3.16. The summed E-state index contributed by atoms with van der Waals surface area (Å²) in [7, 11) is 0. The largest absolute Gasteiger partial charge is 0.435 e. The summed E-state index contributed by atoms with van der Waals surface area (Å²) in [5.41, 5.74) is -0.336. The van der Waals surface area contributed by atoms with Gasteiger partial charge in [0.15, 0.2) is 5.69 Å². The molecule has 0 bridgehead atoms. The first-order valence-electron chi connectivity index (χ1n) is 8.17. The molecule has 0 saturated carbocycles. The Hall–Kier alpha value is -2.09. The number of alkyl halides is 3. The maximum absolute atomic E-state index is 13.7. The van der Waals surface area contributed by atoms with Crippen molar-refractivity contribution in [3.63, 3.8) is 0 Å². The van der Waals surface area contributed by atoms with Crippen molar-refractivity contribution in [2.24, 2.45) is 0 Å². The van der Waals surface area contributed by atoms with Crippen LogP contribution in [0.4, 0.5) is 17.6 Å². The molecule has 0 radical (unpaired) electrons. The van der Waals surface area contributed by atoms with Crippen molar-refractivity contribution in [1.82, 2.24) is 15.1 Å². The second-order valence-electron chi connectivity index (χ2n) is 6.05. The van der Waals surface area contributed by atoms with Crippen molar-refractivity contribution < 1.29 is 22.4 Å². The summed E-state index contributed by atoms with van der Waals surface area (Å²) < 4.78 is 54.5. The normalized spacial score (nSPS) is 14.2. The highest BCUT2D eigenvalue weighted by Crippen LogP contribution is 2.35. The number of hydrogen-bond acceptors (Lipinski definition) is 2. The van der Waals surface area contributed by atoms with Crippen LogP contribution in [0.25, 0.3) is 0 Å². The maximum atomic E-state index is 13.7. The summed E-state index contributed by atoms with van der Waals surface area (Å²) in [6, 6.07) is 3.88. The Morgan fingerprint density at radius 2 is 2.00 bits per heavy atom. The third-order valence-corrected chi connectivity index (χ3v) is 4.64. The van der Waals surface area contributed by atoms with E-state index >= 15 is 0 Å². The molecule has 0 spiro atoms. The summed E-state index contributed by atoms with van der Waals surface area (Å²) in [4.78, 5) is 12.1. The van der Waals surface area contributed by atoms with Crippen molar-refractivity contribution in [1.29, 1.82) is 0 Å². The molecule has 140 valence electrons. The number of carbonyl (C=O) groups excluding carboxylic acids is 1. The van der Waals surface area contributed by atoms with Gasteiger partial charge < -0.3 is 5.32 Å². The summed E-state index contributed by atoms with van der Waals surface area (Å²) in [5, 5.41) is 6.16. The fourth-order valence-corrected chi connectivity index (χ4v) is 3.41. The molecule has 26 heavy (non-hydrogen) atoms. The number of hydrogen-bond donors (Lipinski definition) is 1. The molecule has 1 aliphatic carbocycles. The number of halogens is 5. The molecule has 0 unspecified atom stereocenters. The zero-order chi connectivity index (χ0) is 18.9. The number of nitrogens with one attached hydrogen (secondary N) is 1. The number of amides is 1. The lowest BCUT2D eigenvalue weighted by atomic mass is 9.95. The maximum Gasteiger partial charge on any atom is 0.435 e. The van der Waals surface area contributed by atoms with E-state index in [4.69, 9.17) is 11.6 Å². The molecule has 1 aromatic heterocycles. The van der Waals surface area contributed by atoms with E-state index in [2.05, 4.69) is 10.4 Å². The summed E-state index contributed by atoms with van der Waals surface area (Å²) in [6.45, 7) is 0.0745. The van der Waals surface area contributed by atoms with Crippen molar-refractivity contribution in [2.45, 2.75) is 38.4 Å². The molecule has 0 saturated heterocycles. The molecule has 4 nitrogen and oxygen atoms in total. The molecule has 1 aliphatic rings. The predicted octanol–water partition coefficient (Wildman–Crippen LogP) is 4.00. The standard InChI is InChI=1S/C17H16ClF4N3O/c18-11-5-3-6-12(19)14(11)16(26)23-8-9-25-13-7-2-1-4-10(13)15(24-25)17(20,21)22/h3,5-6H,1-2,4,7-9H2,(H,23,26). The van der Waals surface area contributed by atoms with E-state index in [1.165, 1.54) is 16.8 Å². The van der Waals surface area contributed by atoms with E-state index in [1.54, 1.807) is 0 Å². The van der Waals surface area contributed by atoms with E-state index in [-0.39, 0.29) is 29.2 Å². The van der Waals surface area contributed by atoms with E-state index in [9.17, 15) is 22.4 Å². The van der Waals surface area contributed by atoms with Gasteiger partial charge in [0.2, 0.25) is 0 Å². The van der Waals surface area contributed by atoms with Crippen LogP contribution >= 0.6 is 11.6 Å². The van der Waals surface area contributed by atoms with E-state index in [0.29, 0.717) is 25.0 Å². The van der Waals surface area contributed by atoms with Crippen LogP contribution in [-0.4, -0.2) is 22.2 Å². The molecule has 2 aromatic rings. The average Bonchev–Trinajstić information content (AvgIpc) is 2.94. The minimum Gasteiger partial charge on any atom is -0.350 e. The zero-order valence-corrected chi connectivity index (χ0v) is 14.4. The highest BCUT2D eigenvalue weighted by molar-refractivity contribution is 6.33. The van der Waals surface area contributed by atoms with Gasteiger partial charge in [-0.2, -0.15) is 18.3 Å². The third kappa shape index (κ3) is 3.70. The SMILES string of the molecule is O=C(NCCn1nc(C(F)(F)F)c2c1CCCC2)c1c(F)cccc1Cl. The third-order valence-electron chi connectivity index (χ3n) is 4.32. The highest BCUT2D eigenvalue weighted by atomic mass is 35.5. The van der Waals surface area contributed by atoms with Crippen molar-refractivity contribution >= 4 is 17.5 Å². The van der Waals surface area contributed by atoms with Crippen LogP contribution in [0.1, 0.15) is 40.2 Å². The van der Waals surface area contributed by atoms with Crippen LogP contribution < -0.4 is 5.32 Å². The molecule has 0 atom stereocenters. The minimum atomic E-state index is -4.50. The van der Waals surface area contributed by atoms with Crippen LogP contribution in [0.2, 0.25) is 5.02 Å². The summed E-state index contributed by atoms with van der Waals surface area (Å²) in [6.07, 6.45) is -2.14. The second kappa shape index (κ2) is 7.26. The number of carbonyl (C=O) groups is 1. The van der Waals surface area contributed by atoms with Gasteiger partial charge in [0, 0.05) is 17.8 Å². The number of aromatic nitrogens is 2. The molecule has 1 amide bonds. The Morgan fingerprint density at radius 3 is 2.69 bits per heavy atom. The molecule has 0 aliphatic heterocycles. The number of rotatable bonds is 4. The average molecular weight is 390 g/mol. The van der Waals surface area contributed by atoms with Crippen molar-refractivity contribution in [3.05, 3.63) is 51.6 Å². The van der Waals surface area contributed by atoms with Crippen LogP contribution in [0.3, 0.4) is 0 Å². The Bertz CT molecular complexity index is 812. The Balaban J connectivity index is 1.73. The molecule has 3 rings (SSSR count). The van der Waals surface area contributed by atoms with Crippen LogP contribution in [0.5, 0.6) is 0 Å². The molecule has 1 aromatic carbocycles. The van der Waals surface area contributed by atoms with Gasteiger partial charge in [-0.15, -0.1) is 0 Å². The lowest BCUT2D eigenvalue weighted by Gasteiger charge is -2.15. The van der Waals surface area contributed by atoms with Crippen LogP contribution in [0, 0.1) is 5.82 Å². The van der Waals surface area contributed by atoms with Gasteiger partial charge in [-0.3, -0.25) is 9.48 Å². The Kier molecular flexibility index (Phi) is 5.22. The first-order valence-corrected chi connectivity index (χ1v) is 8.55. The lowest BCUT2D eigenvalue weighted by Crippen LogP contribution is -2.29. The van der Waals surface area contributed by atoms with E-state index in [0.717, 1.165) is 12.5 Å². The monoisotopic (exact) mass is 389 g/mol. The molecular formula is C17H16ClF4N3O. The highest BCUT2D eigenvalue weighted by Gasteiger charge is 2.39. The van der Waals surface area contributed by atoms with E-state index in [1.807, 2.05) is 0 Å². The van der Waals surface area contributed by atoms with Gasteiger partial charge in [0.1, 0.15) is 5.82 Å². The van der Waals surface area contributed by atoms with Crippen LogP contribution in [0.15, 0.2) is 18.2 Å². The molecule has 1 heterocycles. The van der Waals surface area contributed by atoms with Crippen molar-refractivity contribution in [2.75, 3.05) is 6.54 Å². The fraction of sp³-hybridized carbons (Fsp3) is 0.412. The first-order chi connectivity index (χ1) is 12.3. The molecule has 9 heteroatoms. The van der Waals surface area contributed by atoms with Gasteiger partial charge in [0.05, 0.1) is 17.1 Å². The quantitative estimate of drug-likeness (QED) is 0.803. The summed E-state index contributed by atoms with van der Waals surface area (Å²) >= 11 is 5.83. The molecular weight excluding hydrogens is 374 g/mol. The lowest BCUT2D eigenvalue weighted by molar-refractivity contribution is -0.142. The van der Waals surface area contributed by atoms with Crippen LogP contribution in [-0.2, 0) is 25.6 Å². The smallest absolute Gasteiger partial charge is 0.350 e. The zero-order valence-electron chi connectivity index (χ0n) is 13.7. The van der Waals surface area contributed by atoms with Gasteiger partial charge in [-0.1, -0.05) is 17.7 Å². The van der Waals surface area contributed by atoms with E-state index < -0.39 is 23.6 Å². The number of fused-ring (bicyclic) bond motifs is 1. The number of benzene rings is 1. The molecule has 0 fully saturated rings. The van der Waals surface area contributed by atoms with Gasteiger partial charge in [0.25, 0.3) is 5.91 Å². The van der Waals surface area contributed by atoms with Gasteiger partial charge in [-0.25, -0.2) is 4.39 Å². The first kappa shape index (κ1) is 18.7. The van der Waals surface area contributed by atoms with Crippen molar-refractivity contribution in [3.8, 4) is 0 Å². The predicted molar refractivity (Wildman–Crippen MR) is 87.6 cm³/mol. The number of nitrogens with zero attached hydrogens (tertiary/aromatic N) is 2. The minimum absolute atomic E-state index is 0.00884.